The summed E-state index contributed by atoms with van der Waals surface area (Å²) < 4.78 is 0. The molecular weight excluding hydrogens is 180 g/mol. The summed E-state index contributed by atoms with van der Waals surface area (Å²) in [6.07, 6.45) is 0. The molecule has 0 unspecified atom stereocenters. The number of nitro benzene ring substituents is 1. The summed E-state index contributed by atoms with van der Waals surface area (Å²) in [7, 11) is 3.89. The average molecular weight is 194 g/mol. The first kappa shape index (κ1) is 10.7. The van der Waals surface area contributed by atoms with Crippen molar-refractivity contribution >= 4 is 5.69 Å². The SMILES string of the molecule is Cc1c(CN(C)C)cccc1[N+](=O)[O-]. The van der Waals surface area contributed by atoms with Gasteiger partial charge in [0.1, 0.15) is 0 Å². The molecule has 0 heterocycles. The smallest absolute Gasteiger partial charge is 0.272 e. The van der Waals surface area contributed by atoms with Gasteiger partial charge in [-0.25, -0.2) is 0 Å². The zero-order chi connectivity index (χ0) is 10.7. The molecule has 0 aromatic heterocycles. The molecule has 0 radical (unpaired) electrons. The van der Waals surface area contributed by atoms with Crippen LogP contribution >= 0.6 is 0 Å². The summed E-state index contributed by atoms with van der Waals surface area (Å²) in [6.45, 7) is 2.52. The summed E-state index contributed by atoms with van der Waals surface area (Å²) in [5.41, 5.74) is 1.96. The van der Waals surface area contributed by atoms with E-state index in [1.54, 1.807) is 13.0 Å². The highest BCUT2D eigenvalue weighted by molar-refractivity contribution is 5.44. The minimum atomic E-state index is -0.339. The number of benzene rings is 1. The van der Waals surface area contributed by atoms with Crippen LogP contribution in [-0.2, 0) is 6.54 Å². The second-order valence-corrected chi connectivity index (χ2v) is 3.56. The van der Waals surface area contributed by atoms with Gasteiger partial charge in [-0.15, -0.1) is 0 Å². The van der Waals surface area contributed by atoms with Crippen LogP contribution in [0.1, 0.15) is 11.1 Å². The van der Waals surface area contributed by atoms with Crippen LogP contribution in [0.3, 0.4) is 0 Å². The summed E-state index contributed by atoms with van der Waals surface area (Å²) in [6, 6.07) is 5.18. The van der Waals surface area contributed by atoms with Crippen LogP contribution in [0, 0.1) is 17.0 Å². The van der Waals surface area contributed by atoms with Crippen molar-refractivity contribution in [1.82, 2.24) is 4.90 Å². The Morgan fingerprint density at radius 2 is 2.07 bits per heavy atom. The highest BCUT2D eigenvalue weighted by Gasteiger charge is 2.12. The van der Waals surface area contributed by atoms with E-state index in [0.29, 0.717) is 0 Å². The van der Waals surface area contributed by atoms with Crippen LogP contribution in [0.15, 0.2) is 18.2 Å². The number of hydrogen-bond acceptors (Lipinski definition) is 3. The van der Waals surface area contributed by atoms with E-state index in [4.69, 9.17) is 0 Å². The highest BCUT2D eigenvalue weighted by Crippen LogP contribution is 2.21. The maximum Gasteiger partial charge on any atom is 0.272 e. The average Bonchev–Trinajstić information content (AvgIpc) is 2.07. The Balaban J connectivity index is 3.07. The molecule has 0 aliphatic heterocycles. The molecule has 0 saturated carbocycles. The minimum absolute atomic E-state index is 0.198. The fraction of sp³-hybridized carbons (Fsp3) is 0.400. The van der Waals surface area contributed by atoms with E-state index in [1.165, 1.54) is 6.07 Å². The van der Waals surface area contributed by atoms with Crippen molar-refractivity contribution in [3.8, 4) is 0 Å². The lowest BCUT2D eigenvalue weighted by atomic mass is 10.1. The van der Waals surface area contributed by atoms with Gasteiger partial charge in [0.05, 0.1) is 4.92 Å². The Bertz CT molecular complexity index is 348. The lowest BCUT2D eigenvalue weighted by Gasteiger charge is -2.11. The Morgan fingerprint density at radius 1 is 1.43 bits per heavy atom. The molecule has 0 amide bonds. The predicted octanol–water partition coefficient (Wildman–Crippen LogP) is 1.96. The van der Waals surface area contributed by atoms with E-state index in [1.807, 2.05) is 25.1 Å². The third kappa shape index (κ3) is 2.29. The summed E-state index contributed by atoms with van der Waals surface area (Å²) in [5.74, 6) is 0. The third-order valence-electron chi connectivity index (χ3n) is 2.10. The molecule has 0 N–H and O–H groups in total. The van der Waals surface area contributed by atoms with Crippen molar-refractivity contribution in [3.63, 3.8) is 0 Å². The zero-order valence-electron chi connectivity index (χ0n) is 8.65. The molecule has 0 bridgehead atoms. The quantitative estimate of drug-likeness (QED) is 0.546. The molecule has 0 aliphatic carbocycles. The van der Waals surface area contributed by atoms with Gasteiger partial charge in [-0.05, 0) is 26.6 Å². The summed E-state index contributed by atoms with van der Waals surface area (Å²) in [5, 5.41) is 10.7. The van der Waals surface area contributed by atoms with E-state index < -0.39 is 0 Å². The van der Waals surface area contributed by atoms with Crippen molar-refractivity contribution in [3.05, 3.63) is 39.4 Å². The van der Waals surface area contributed by atoms with E-state index in [2.05, 4.69) is 0 Å². The maximum atomic E-state index is 10.7. The fourth-order valence-corrected chi connectivity index (χ4v) is 1.38. The van der Waals surface area contributed by atoms with Crippen LogP contribution in [0.4, 0.5) is 5.69 Å². The molecule has 0 aliphatic rings. The molecule has 0 saturated heterocycles. The molecule has 0 spiro atoms. The predicted molar refractivity (Wildman–Crippen MR) is 55.2 cm³/mol. The third-order valence-corrected chi connectivity index (χ3v) is 2.10. The second kappa shape index (κ2) is 4.19. The standard InChI is InChI=1S/C10H14N2O2/c1-8-9(7-11(2)3)5-4-6-10(8)12(13)14/h4-6H,7H2,1-3H3. The van der Waals surface area contributed by atoms with Crippen molar-refractivity contribution in [2.24, 2.45) is 0 Å². The molecular formula is C10H14N2O2. The van der Waals surface area contributed by atoms with Crippen LogP contribution in [0.5, 0.6) is 0 Å². The van der Waals surface area contributed by atoms with Gasteiger partial charge in [0, 0.05) is 18.2 Å². The van der Waals surface area contributed by atoms with Crippen molar-refractivity contribution in [2.45, 2.75) is 13.5 Å². The first-order chi connectivity index (χ1) is 6.52. The fourth-order valence-electron chi connectivity index (χ4n) is 1.38. The molecule has 0 atom stereocenters. The number of nitrogens with zero attached hydrogens (tertiary/aromatic N) is 2. The van der Waals surface area contributed by atoms with Gasteiger partial charge in [0.25, 0.3) is 5.69 Å². The zero-order valence-corrected chi connectivity index (χ0v) is 8.65. The van der Waals surface area contributed by atoms with Crippen LogP contribution in [0.25, 0.3) is 0 Å². The lowest BCUT2D eigenvalue weighted by Crippen LogP contribution is -2.12. The monoisotopic (exact) mass is 194 g/mol. The molecule has 1 aromatic carbocycles. The van der Waals surface area contributed by atoms with Gasteiger partial charge in [-0.1, -0.05) is 12.1 Å². The maximum absolute atomic E-state index is 10.7. The molecule has 0 fully saturated rings. The minimum Gasteiger partial charge on any atom is -0.305 e. The van der Waals surface area contributed by atoms with Crippen molar-refractivity contribution in [1.29, 1.82) is 0 Å². The van der Waals surface area contributed by atoms with Gasteiger partial charge in [-0.3, -0.25) is 10.1 Å². The Labute approximate surface area is 83.3 Å². The highest BCUT2D eigenvalue weighted by atomic mass is 16.6. The second-order valence-electron chi connectivity index (χ2n) is 3.56. The molecule has 4 nitrogen and oxygen atoms in total. The number of hydrogen-bond donors (Lipinski definition) is 0. The Hall–Kier alpha value is -1.42. The van der Waals surface area contributed by atoms with Crippen LogP contribution in [-0.4, -0.2) is 23.9 Å². The Kier molecular flexibility index (Phi) is 3.19. The van der Waals surface area contributed by atoms with Crippen molar-refractivity contribution < 1.29 is 4.92 Å². The molecule has 4 heteroatoms. The largest absolute Gasteiger partial charge is 0.305 e. The van der Waals surface area contributed by atoms with E-state index in [-0.39, 0.29) is 10.6 Å². The molecule has 14 heavy (non-hydrogen) atoms. The number of nitro groups is 1. The van der Waals surface area contributed by atoms with Crippen LogP contribution < -0.4 is 0 Å². The summed E-state index contributed by atoms with van der Waals surface area (Å²) >= 11 is 0. The van der Waals surface area contributed by atoms with Crippen LogP contribution in [0.2, 0.25) is 0 Å². The molecule has 1 aromatic rings. The molecule has 76 valence electrons. The first-order valence-electron chi connectivity index (χ1n) is 4.40. The van der Waals surface area contributed by atoms with Crippen molar-refractivity contribution in [2.75, 3.05) is 14.1 Å². The van der Waals surface area contributed by atoms with Gasteiger partial charge < -0.3 is 4.90 Å². The van der Waals surface area contributed by atoms with Gasteiger partial charge >= 0.3 is 0 Å². The normalized spacial score (nSPS) is 10.6. The van der Waals surface area contributed by atoms with Gasteiger partial charge in [0.2, 0.25) is 0 Å². The van der Waals surface area contributed by atoms with Gasteiger partial charge in [-0.2, -0.15) is 0 Å². The van der Waals surface area contributed by atoms with E-state index in [0.717, 1.165) is 17.7 Å². The topological polar surface area (TPSA) is 46.4 Å². The first-order valence-corrected chi connectivity index (χ1v) is 4.40. The lowest BCUT2D eigenvalue weighted by molar-refractivity contribution is -0.385. The Morgan fingerprint density at radius 3 is 2.57 bits per heavy atom. The van der Waals surface area contributed by atoms with E-state index in [9.17, 15) is 10.1 Å². The van der Waals surface area contributed by atoms with E-state index >= 15 is 0 Å². The molecule has 1 rings (SSSR count). The van der Waals surface area contributed by atoms with Gasteiger partial charge in [0.15, 0.2) is 0 Å². The summed E-state index contributed by atoms with van der Waals surface area (Å²) in [4.78, 5) is 12.3. The number of rotatable bonds is 3.